The zero-order chi connectivity index (χ0) is 19.8. The molecule has 146 valence electrons. The summed E-state index contributed by atoms with van der Waals surface area (Å²) in [5, 5.41) is 10.6. The molecule has 0 fully saturated rings. The Balaban J connectivity index is 1.97. The minimum Gasteiger partial charge on any atom is -0.382 e. The summed E-state index contributed by atoms with van der Waals surface area (Å²) in [5.74, 6) is 0.715. The van der Waals surface area contributed by atoms with Gasteiger partial charge in [-0.2, -0.15) is 18.3 Å². The Morgan fingerprint density at radius 2 is 1.93 bits per heavy atom. The number of hydrogen-bond acceptors (Lipinski definition) is 3. The van der Waals surface area contributed by atoms with Gasteiger partial charge in [0, 0.05) is 18.2 Å². The lowest BCUT2D eigenvalue weighted by atomic mass is 9.96. The van der Waals surface area contributed by atoms with E-state index in [9.17, 15) is 13.2 Å². The smallest absolute Gasteiger partial charge is 0.382 e. The number of anilines is 1. The molecule has 3 rings (SSSR count). The first-order chi connectivity index (χ1) is 12.7. The van der Waals surface area contributed by atoms with Crippen LogP contribution < -0.4 is 10.6 Å². The molecule has 1 aliphatic heterocycles. The van der Waals surface area contributed by atoms with Crippen LogP contribution in [-0.4, -0.2) is 22.0 Å². The summed E-state index contributed by atoms with van der Waals surface area (Å²) >= 11 is 0. The van der Waals surface area contributed by atoms with E-state index in [1.807, 2.05) is 37.3 Å². The second-order valence-corrected chi connectivity index (χ2v) is 7.41. The van der Waals surface area contributed by atoms with Gasteiger partial charge in [0.25, 0.3) is 0 Å². The predicted molar refractivity (Wildman–Crippen MR) is 101 cm³/mol. The van der Waals surface area contributed by atoms with Crippen molar-refractivity contribution in [2.75, 3.05) is 5.32 Å². The van der Waals surface area contributed by atoms with Crippen LogP contribution in [0.3, 0.4) is 0 Å². The molecule has 0 spiro atoms. The molecule has 4 nitrogen and oxygen atoms in total. The number of halogens is 3. The van der Waals surface area contributed by atoms with Gasteiger partial charge in [-0.15, -0.1) is 0 Å². The zero-order valence-electron chi connectivity index (χ0n) is 15.7. The van der Waals surface area contributed by atoms with Crippen molar-refractivity contribution in [3.05, 3.63) is 54.2 Å². The van der Waals surface area contributed by atoms with Crippen LogP contribution in [0.4, 0.5) is 19.0 Å². The van der Waals surface area contributed by atoms with Gasteiger partial charge in [-0.25, -0.2) is 4.68 Å². The normalized spacial score (nSPS) is 20.7. The molecular formula is C20H25F3N4. The molecule has 7 heteroatoms. The molecule has 0 radical (unpaired) electrons. The maximum absolute atomic E-state index is 13.7. The van der Waals surface area contributed by atoms with Gasteiger partial charge < -0.3 is 10.6 Å². The van der Waals surface area contributed by atoms with E-state index in [-0.39, 0.29) is 12.5 Å². The predicted octanol–water partition coefficient (Wildman–Crippen LogP) is 5.15. The van der Waals surface area contributed by atoms with Crippen molar-refractivity contribution in [2.24, 2.45) is 5.92 Å². The molecule has 0 bridgehead atoms. The van der Waals surface area contributed by atoms with Gasteiger partial charge in [-0.1, -0.05) is 50.8 Å². The van der Waals surface area contributed by atoms with Crippen molar-refractivity contribution in [1.29, 1.82) is 0 Å². The summed E-state index contributed by atoms with van der Waals surface area (Å²) < 4.78 is 42.2. The molecule has 2 aromatic rings. The fourth-order valence-corrected chi connectivity index (χ4v) is 3.21. The minimum absolute atomic E-state index is 0.107. The van der Waals surface area contributed by atoms with E-state index in [0.29, 0.717) is 23.0 Å². The molecule has 3 atom stereocenters. The number of rotatable bonds is 5. The van der Waals surface area contributed by atoms with Crippen LogP contribution in [0.15, 0.2) is 43.1 Å². The number of hydrogen-bond donors (Lipinski definition) is 2. The molecule has 3 unspecified atom stereocenters. The molecule has 1 aromatic heterocycles. The van der Waals surface area contributed by atoms with Crippen molar-refractivity contribution < 1.29 is 13.2 Å². The first-order valence-corrected chi connectivity index (χ1v) is 9.10. The van der Waals surface area contributed by atoms with Crippen LogP contribution in [0.25, 0.3) is 5.70 Å². The van der Waals surface area contributed by atoms with Crippen molar-refractivity contribution in [3.8, 4) is 0 Å². The molecular weight excluding hydrogens is 353 g/mol. The van der Waals surface area contributed by atoms with Crippen molar-refractivity contribution in [1.82, 2.24) is 15.1 Å². The number of alkyl halides is 3. The van der Waals surface area contributed by atoms with E-state index in [1.165, 1.54) is 6.20 Å². The number of nitrogens with zero attached hydrogens (tertiary/aromatic N) is 2. The van der Waals surface area contributed by atoms with Crippen molar-refractivity contribution in [2.45, 2.75) is 51.5 Å². The Morgan fingerprint density at radius 1 is 1.26 bits per heavy atom. The first kappa shape index (κ1) is 19.3. The van der Waals surface area contributed by atoms with Gasteiger partial charge in [0.1, 0.15) is 5.82 Å². The zero-order valence-corrected chi connectivity index (χ0v) is 15.7. The van der Waals surface area contributed by atoms with Crippen molar-refractivity contribution >= 4 is 11.5 Å². The van der Waals surface area contributed by atoms with Crippen LogP contribution >= 0.6 is 0 Å². The van der Waals surface area contributed by atoms with Gasteiger partial charge in [0.2, 0.25) is 0 Å². The third-order valence-electron chi connectivity index (χ3n) is 5.17. The highest BCUT2D eigenvalue weighted by Gasteiger charge is 2.47. The Labute approximate surface area is 157 Å². The van der Waals surface area contributed by atoms with E-state index in [2.05, 4.69) is 36.2 Å². The second-order valence-electron chi connectivity index (χ2n) is 7.41. The summed E-state index contributed by atoms with van der Waals surface area (Å²) in [6.45, 7) is 10.2. The van der Waals surface area contributed by atoms with Crippen LogP contribution in [0, 0.1) is 5.92 Å². The molecule has 0 amide bonds. The highest BCUT2D eigenvalue weighted by Crippen LogP contribution is 2.45. The molecule has 2 N–H and O–H groups in total. The van der Waals surface area contributed by atoms with Gasteiger partial charge >= 0.3 is 6.18 Å². The van der Waals surface area contributed by atoms with Crippen LogP contribution in [0.1, 0.15) is 50.4 Å². The van der Waals surface area contributed by atoms with Gasteiger partial charge in [-0.05, 0) is 18.4 Å². The minimum atomic E-state index is -4.38. The molecule has 0 aliphatic carbocycles. The largest absolute Gasteiger partial charge is 0.410 e. The number of fused-ring (bicyclic) bond motifs is 1. The SMILES string of the molecule is C=C(NC(C)C(C)C)c1cnn2c1NC(c1ccccc1)CC2C(F)(F)F. The molecule has 27 heavy (non-hydrogen) atoms. The summed E-state index contributed by atoms with van der Waals surface area (Å²) in [4.78, 5) is 0. The fraction of sp³-hybridized carbons (Fsp3) is 0.450. The summed E-state index contributed by atoms with van der Waals surface area (Å²) in [7, 11) is 0. The monoisotopic (exact) mass is 378 g/mol. The van der Waals surface area contributed by atoms with Crippen LogP contribution in [0.2, 0.25) is 0 Å². The maximum atomic E-state index is 13.7. The van der Waals surface area contributed by atoms with E-state index in [0.717, 1.165) is 10.2 Å². The Morgan fingerprint density at radius 3 is 2.52 bits per heavy atom. The van der Waals surface area contributed by atoms with Crippen molar-refractivity contribution in [3.63, 3.8) is 0 Å². The van der Waals surface area contributed by atoms with Gasteiger partial charge in [0.15, 0.2) is 6.04 Å². The Hall–Kier alpha value is -2.44. The number of aromatic nitrogens is 2. The summed E-state index contributed by atoms with van der Waals surface area (Å²) in [6.07, 6.45) is -3.03. The third-order valence-corrected chi connectivity index (χ3v) is 5.17. The highest BCUT2D eigenvalue weighted by molar-refractivity contribution is 5.72. The molecule has 0 saturated heterocycles. The average Bonchev–Trinajstić information content (AvgIpc) is 3.04. The topological polar surface area (TPSA) is 41.9 Å². The lowest BCUT2D eigenvalue weighted by Gasteiger charge is -2.34. The molecule has 1 aromatic carbocycles. The molecule has 0 saturated carbocycles. The maximum Gasteiger partial charge on any atom is 0.410 e. The lowest BCUT2D eigenvalue weighted by Crippen LogP contribution is -2.36. The lowest BCUT2D eigenvalue weighted by molar-refractivity contribution is -0.173. The average molecular weight is 378 g/mol. The molecule has 1 aliphatic rings. The van der Waals surface area contributed by atoms with E-state index in [1.54, 1.807) is 0 Å². The highest BCUT2D eigenvalue weighted by atomic mass is 19.4. The number of benzene rings is 1. The standard InChI is InChI=1S/C20H25F3N4/c1-12(2)13(3)25-14(4)16-11-24-27-18(20(21,22)23)10-17(26-19(16)27)15-8-6-5-7-9-15/h5-9,11-13,17-18,25-26H,4,10H2,1-3H3. The van der Waals surface area contributed by atoms with Gasteiger partial charge in [0.05, 0.1) is 17.8 Å². The second kappa shape index (κ2) is 7.29. The van der Waals surface area contributed by atoms with E-state index in [4.69, 9.17) is 0 Å². The van der Waals surface area contributed by atoms with E-state index >= 15 is 0 Å². The Kier molecular flexibility index (Phi) is 5.22. The number of nitrogens with one attached hydrogen (secondary N) is 2. The van der Waals surface area contributed by atoms with Gasteiger partial charge in [-0.3, -0.25) is 0 Å². The first-order valence-electron chi connectivity index (χ1n) is 9.10. The summed E-state index contributed by atoms with van der Waals surface area (Å²) in [6, 6.07) is 7.20. The van der Waals surface area contributed by atoms with Crippen LogP contribution in [-0.2, 0) is 0 Å². The van der Waals surface area contributed by atoms with Crippen LogP contribution in [0.5, 0.6) is 0 Å². The quantitative estimate of drug-likeness (QED) is 0.756. The van der Waals surface area contributed by atoms with E-state index < -0.39 is 18.3 Å². The molecule has 2 heterocycles. The third kappa shape index (κ3) is 3.96. The fourth-order valence-electron chi connectivity index (χ4n) is 3.21. The Bertz CT molecular complexity index is 795. The summed E-state index contributed by atoms with van der Waals surface area (Å²) in [5.41, 5.74) is 1.95.